The van der Waals surface area contributed by atoms with Crippen LogP contribution in [0.3, 0.4) is 0 Å². The molecular weight excluding hydrogens is 226 g/mol. The summed E-state index contributed by atoms with van der Waals surface area (Å²) in [5.41, 5.74) is 2.24. The van der Waals surface area contributed by atoms with Crippen molar-refractivity contribution in [1.82, 2.24) is 4.90 Å². The van der Waals surface area contributed by atoms with Crippen LogP contribution in [0.2, 0.25) is 0 Å². The minimum atomic E-state index is 0.126. The molecule has 0 bridgehead atoms. The van der Waals surface area contributed by atoms with E-state index < -0.39 is 0 Å². The standard InChI is InChI=1S/C15H23NO2/c1-12(2)16(9-4-10-17)15(18)11-14-7-5-13(3)6-8-14/h5-8,12,17H,4,9-11H2,1-3H3. The van der Waals surface area contributed by atoms with E-state index in [4.69, 9.17) is 5.11 Å². The van der Waals surface area contributed by atoms with Crippen LogP contribution in [0.15, 0.2) is 24.3 Å². The van der Waals surface area contributed by atoms with Crippen LogP contribution in [0.25, 0.3) is 0 Å². The van der Waals surface area contributed by atoms with Gasteiger partial charge in [-0.25, -0.2) is 0 Å². The Kier molecular flexibility index (Phi) is 5.86. The summed E-state index contributed by atoms with van der Waals surface area (Å²) in [6, 6.07) is 8.22. The fourth-order valence-corrected chi connectivity index (χ4v) is 1.89. The van der Waals surface area contributed by atoms with Gasteiger partial charge >= 0.3 is 0 Å². The summed E-state index contributed by atoms with van der Waals surface area (Å²) < 4.78 is 0. The van der Waals surface area contributed by atoms with Crippen LogP contribution in [0.5, 0.6) is 0 Å². The number of aryl methyl sites for hydroxylation is 1. The molecule has 0 aliphatic rings. The molecule has 100 valence electrons. The summed E-state index contributed by atoms with van der Waals surface area (Å²) in [7, 11) is 0. The van der Waals surface area contributed by atoms with Gasteiger partial charge in [0.2, 0.25) is 5.91 Å². The topological polar surface area (TPSA) is 40.5 Å². The van der Waals surface area contributed by atoms with E-state index in [1.165, 1.54) is 5.56 Å². The summed E-state index contributed by atoms with van der Waals surface area (Å²) in [6.07, 6.45) is 1.07. The van der Waals surface area contributed by atoms with E-state index >= 15 is 0 Å². The number of hydrogen-bond acceptors (Lipinski definition) is 2. The molecule has 0 aliphatic carbocycles. The van der Waals surface area contributed by atoms with Gasteiger partial charge in [-0.2, -0.15) is 0 Å². The molecule has 0 spiro atoms. The Morgan fingerprint density at radius 2 is 1.89 bits per heavy atom. The predicted molar refractivity (Wildman–Crippen MR) is 73.4 cm³/mol. The van der Waals surface area contributed by atoms with E-state index in [-0.39, 0.29) is 18.6 Å². The fraction of sp³-hybridized carbons (Fsp3) is 0.533. The van der Waals surface area contributed by atoms with Gasteiger partial charge in [-0.15, -0.1) is 0 Å². The first-order chi connectivity index (χ1) is 8.54. The van der Waals surface area contributed by atoms with Crippen molar-refractivity contribution in [1.29, 1.82) is 0 Å². The first kappa shape index (κ1) is 14.7. The molecule has 0 atom stereocenters. The van der Waals surface area contributed by atoms with E-state index in [0.29, 0.717) is 19.4 Å². The maximum atomic E-state index is 12.2. The highest BCUT2D eigenvalue weighted by molar-refractivity contribution is 5.79. The second kappa shape index (κ2) is 7.17. The summed E-state index contributed by atoms with van der Waals surface area (Å²) in [4.78, 5) is 14.0. The number of hydrogen-bond donors (Lipinski definition) is 1. The van der Waals surface area contributed by atoms with E-state index in [2.05, 4.69) is 0 Å². The van der Waals surface area contributed by atoms with Crippen LogP contribution < -0.4 is 0 Å². The Morgan fingerprint density at radius 1 is 1.28 bits per heavy atom. The third kappa shape index (κ3) is 4.49. The minimum absolute atomic E-state index is 0.126. The number of benzene rings is 1. The Bertz CT molecular complexity index is 371. The zero-order chi connectivity index (χ0) is 13.5. The van der Waals surface area contributed by atoms with Gasteiger partial charge in [0.15, 0.2) is 0 Å². The fourth-order valence-electron chi connectivity index (χ4n) is 1.89. The Balaban J connectivity index is 2.63. The molecule has 3 nitrogen and oxygen atoms in total. The third-order valence-electron chi connectivity index (χ3n) is 2.98. The molecule has 18 heavy (non-hydrogen) atoms. The van der Waals surface area contributed by atoms with Gasteiger partial charge in [0, 0.05) is 19.2 Å². The molecule has 0 heterocycles. The molecule has 1 N–H and O–H groups in total. The van der Waals surface area contributed by atoms with Crippen molar-refractivity contribution in [3.8, 4) is 0 Å². The van der Waals surface area contributed by atoms with Crippen molar-refractivity contribution >= 4 is 5.91 Å². The highest BCUT2D eigenvalue weighted by Crippen LogP contribution is 2.08. The zero-order valence-electron chi connectivity index (χ0n) is 11.5. The van der Waals surface area contributed by atoms with Crippen molar-refractivity contribution in [2.45, 2.75) is 39.7 Å². The van der Waals surface area contributed by atoms with E-state index in [1.807, 2.05) is 49.9 Å². The number of nitrogens with zero attached hydrogens (tertiary/aromatic N) is 1. The molecule has 1 rings (SSSR count). The van der Waals surface area contributed by atoms with Crippen molar-refractivity contribution < 1.29 is 9.90 Å². The van der Waals surface area contributed by atoms with E-state index in [9.17, 15) is 4.79 Å². The summed E-state index contributed by atoms with van der Waals surface area (Å²) in [5.74, 6) is 0.127. The molecule has 0 unspecified atom stereocenters. The smallest absolute Gasteiger partial charge is 0.227 e. The van der Waals surface area contributed by atoms with Gasteiger partial charge in [0.25, 0.3) is 0 Å². The van der Waals surface area contributed by atoms with Crippen LogP contribution in [-0.4, -0.2) is 35.1 Å². The molecule has 0 aromatic heterocycles. The van der Waals surface area contributed by atoms with Gasteiger partial charge in [0.05, 0.1) is 6.42 Å². The van der Waals surface area contributed by atoms with Crippen LogP contribution in [0.1, 0.15) is 31.4 Å². The monoisotopic (exact) mass is 249 g/mol. The van der Waals surface area contributed by atoms with Crippen molar-refractivity contribution in [2.75, 3.05) is 13.2 Å². The van der Waals surface area contributed by atoms with Gasteiger partial charge in [-0.05, 0) is 32.8 Å². The largest absolute Gasteiger partial charge is 0.396 e. The van der Waals surface area contributed by atoms with Gasteiger partial charge < -0.3 is 10.0 Å². The van der Waals surface area contributed by atoms with E-state index in [0.717, 1.165) is 5.56 Å². The van der Waals surface area contributed by atoms with Crippen LogP contribution in [0.4, 0.5) is 0 Å². The Morgan fingerprint density at radius 3 is 2.39 bits per heavy atom. The van der Waals surface area contributed by atoms with Crippen molar-refractivity contribution in [3.05, 3.63) is 35.4 Å². The molecule has 0 radical (unpaired) electrons. The van der Waals surface area contributed by atoms with E-state index in [1.54, 1.807) is 0 Å². The lowest BCUT2D eigenvalue weighted by molar-refractivity contribution is -0.132. The number of carbonyl (C=O) groups is 1. The van der Waals surface area contributed by atoms with Crippen LogP contribution in [-0.2, 0) is 11.2 Å². The highest BCUT2D eigenvalue weighted by atomic mass is 16.3. The number of aliphatic hydroxyl groups excluding tert-OH is 1. The lowest BCUT2D eigenvalue weighted by Crippen LogP contribution is -2.39. The van der Waals surface area contributed by atoms with Crippen molar-refractivity contribution in [3.63, 3.8) is 0 Å². The van der Waals surface area contributed by atoms with Gasteiger partial charge in [-0.3, -0.25) is 4.79 Å². The molecule has 1 aromatic carbocycles. The minimum Gasteiger partial charge on any atom is -0.396 e. The number of carbonyl (C=O) groups excluding carboxylic acids is 1. The average Bonchev–Trinajstić information content (AvgIpc) is 2.32. The molecule has 0 fully saturated rings. The molecule has 1 aromatic rings. The molecule has 0 saturated carbocycles. The predicted octanol–water partition coefficient (Wildman–Crippen LogP) is 2.16. The number of amides is 1. The second-order valence-corrected chi connectivity index (χ2v) is 4.92. The zero-order valence-corrected chi connectivity index (χ0v) is 11.5. The van der Waals surface area contributed by atoms with Crippen LogP contribution >= 0.6 is 0 Å². The van der Waals surface area contributed by atoms with Crippen LogP contribution in [0, 0.1) is 6.92 Å². The lowest BCUT2D eigenvalue weighted by atomic mass is 10.1. The van der Waals surface area contributed by atoms with Crippen molar-refractivity contribution in [2.24, 2.45) is 0 Å². The Labute approximate surface area is 109 Å². The lowest BCUT2D eigenvalue weighted by Gasteiger charge is -2.26. The molecular formula is C15H23NO2. The number of aliphatic hydroxyl groups is 1. The quantitative estimate of drug-likeness (QED) is 0.839. The maximum absolute atomic E-state index is 12.2. The Hall–Kier alpha value is -1.35. The summed E-state index contributed by atoms with van der Waals surface area (Å²) in [5, 5.41) is 8.86. The first-order valence-corrected chi connectivity index (χ1v) is 6.50. The van der Waals surface area contributed by atoms with Gasteiger partial charge in [0.1, 0.15) is 0 Å². The van der Waals surface area contributed by atoms with Gasteiger partial charge in [-0.1, -0.05) is 29.8 Å². The molecule has 0 aliphatic heterocycles. The maximum Gasteiger partial charge on any atom is 0.227 e. The third-order valence-corrected chi connectivity index (χ3v) is 2.98. The SMILES string of the molecule is Cc1ccc(CC(=O)N(CCCO)C(C)C)cc1. The molecule has 3 heteroatoms. The summed E-state index contributed by atoms with van der Waals surface area (Å²) >= 11 is 0. The number of rotatable bonds is 6. The first-order valence-electron chi connectivity index (χ1n) is 6.50. The average molecular weight is 249 g/mol. The summed E-state index contributed by atoms with van der Waals surface area (Å²) in [6.45, 7) is 6.79. The normalized spacial score (nSPS) is 10.7. The highest BCUT2D eigenvalue weighted by Gasteiger charge is 2.16. The second-order valence-electron chi connectivity index (χ2n) is 4.92. The molecule has 1 amide bonds. The molecule has 0 saturated heterocycles.